The number of allylic oxidation sites excluding steroid dienone is 2. The number of halogens is 6. The Morgan fingerprint density at radius 2 is 1.85 bits per heavy atom. The highest BCUT2D eigenvalue weighted by atomic mass is 32.2. The average Bonchev–Trinajstić information content (AvgIpc) is 3.27. The number of nitrogens with zero attached hydrogens (tertiary/aromatic N) is 4. The molecule has 0 unspecified atom stereocenters. The fourth-order valence-corrected chi connectivity index (χ4v) is 4.40. The van der Waals surface area contributed by atoms with Gasteiger partial charge in [-0.15, -0.1) is 0 Å². The van der Waals surface area contributed by atoms with Gasteiger partial charge >= 0.3 is 21.7 Å². The van der Waals surface area contributed by atoms with Crippen LogP contribution in [0.4, 0.5) is 31.1 Å². The molecule has 1 aromatic carbocycles. The van der Waals surface area contributed by atoms with E-state index in [0.717, 1.165) is 24.3 Å². The number of aromatic nitrogens is 3. The Bertz CT molecular complexity index is 1680. The zero-order valence-electron chi connectivity index (χ0n) is 21.7. The minimum atomic E-state index is -6.30. The van der Waals surface area contributed by atoms with Crippen LogP contribution in [0.2, 0.25) is 0 Å². The van der Waals surface area contributed by atoms with Crippen molar-refractivity contribution in [3.05, 3.63) is 59.6 Å². The van der Waals surface area contributed by atoms with Gasteiger partial charge in [0.05, 0.1) is 30.5 Å². The average molecular weight is 605 g/mol. The molecular formula is C25H22F6N4O5S. The summed E-state index contributed by atoms with van der Waals surface area (Å²) in [5.41, 5.74) is -6.98. The van der Waals surface area contributed by atoms with E-state index in [1.807, 2.05) is 0 Å². The molecule has 0 atom stereocenters. The maximum absolute atomic E-state index is 14.9. The number of ether oxygens (including phenoxy) is 1. The zero-order chi connectivity index (χ0) is 30.3. The Balaban J connectivity index is 1.92. The molecular weight excluding hydrogens is 582 g/mol. The van der Waals surface area contributed by atoms with Crippen LogP contribution in [-0.4, -0.2) is 51.8 Å². The van der Waals surface area contributed by atoms with E-state index in [-0.39, 0.29) is 42.6 Å². The van der Waals surface area contributed by atoms with Gasteiger partial charge in [-0.25, -0.2) is 22.9 Å². The highest BCUT2D eigenvalue weighted by molar-refractivity contribution is 7.88. The van der Waals surface area contributed by atoms with Crippen molar-refractivity contribution in [2.75, 3.05) is 6.54 Å². The van der Waals surface area contributed by atoms with Gasteiger partial charge in [0, 0.05) is 18.2 Å². The monoisotopic (exact) mass is 604 g/mol. The summed E-state index contributed by atoms with van der Waals surface area (Å²) < 4.78 is 116. The van der Waals surface area contributed by atoms with Crippen LogP contribution in [0.3, 0.4) is 0 Å². The molecule has 1 aliphatic rings. The van der Waals surface area contributed by atoms with Crippen molar-refractivity contribution in [2.24, 2.45) is 0 Å². The summed E-state index contributed by atoms with van der Waals surface area (Å²) in [5.74, 6) is -3.68. The van der Waals surface area contributed by atoms with Crippen LogP contribution in [0.5, 0.6) is 5.88 Å². The molecule has 0 spiro atoms. The Morgan fingerprint density at radius 1 is 1.15 bits per heavy atom. The number of pyridine rings is 1. The SMILES string of the molecule is CC(C)(C)OC(=O)N1CCn2nc(-c3nc(OS(=O)(=O)C(F)(F)F)c4c(F)cccc4c3C=C(F)/C=C/F)cc2C1. The van der Waals surface area contributed by atoms with Gasteiger partial charge < -0.3 is 13.8 Å². The van der Waals surface area contributed by atoms with E-state index in [1.165, 1.54) is 15.6 Å². The molecule has 16 heteroatoms. The van der Waals surface area contributed by atoms with E-state index in [4.69, 9.17) is 4.74 Å². The molecule has 0 bridgehead atoms. The Kier molecular flexibility index (Phi) is 7.82. The fourth-order valence-electron chi connectivity index (χ4n) is 3.97. The van der Waals surface area contributed by atoms with Crippen molar-refractivity contribution in [3.63, 3.8) is 0 Å². The molecule has 3 heterocycles. The van der Waals surface area contributed by atoms with Gasteiger partial charge in [-0.3, -0.25) is 4.68 Å². The first-order chi connectivity index (χ1) is 19.0. The van der Waals surface area contributed by atoms with E-state index < -0.39 is 55.9 Å². The predicted molar refractivity (Wildman–Crippen MR) is 135 cm³/mol. The minimum Gasteiger partial charge on any atom is -0.444 e. The van der Waals surface area contributed by atoms with E-state index in [0.29, 0.717) is 11.8 Å². The first kappa shape index (κ1) is 29.9. The molecule has 0 radical (unpaired) electrons. The van der Waals surface area contributed by atoms with Crippen molar-refractivity contribution in [1.29, 1.82) is 0 Å². The summed E-state index contributed by atoms with van der Waals surface area (Å²) in [6.07, 6.45) is 0.427. The quantitative estimate of drug-likeness (QED) is 0.152. The molecule has 0 fully saturated rings. The van der Waals surface area contributed by atoms with E-state index in [1.54, 1.807) is 20.8 Å². The summed E-state index contributed by atoms with van der Waals surface area (Å²) in [6, 6.07) is 4.49. The van der Waals surface area contributed by atoms with Gasteiger partial charge in [-0.05, 0) is 44.4 Å². The maximum Gasteiger partial charge on any atom is 0.534 e. The lowest BCUT2D eigenvalue weighted by molar-refractivity contribution is -0.0501. The van der Waals surface area contributed by atoms with E-state index in [2.05, 4.69) is 14.3 Å². The van der Waals surface area contributed by atoms with Gasteiger partial charge in [0.25, 0.3) is 0 Å². The molecule has 0 aliphatic carbocycles. The number of carbonyl (C=O) groups excluding carboxylic acids is 1. The smallest absolute Gasteiger partial charge is 0.444 e. The van der Waals surface area contributed by atoms with E-state index >= 15 is 0 Å². The molecule has 2 aromatic heterocycles. The minimum absolute atomic E-state index is 0.0000552. The number of hydrogen-bond donors (Lipinski definition) is 0. The topological polar surface area (TPSA) is 104 Å². The Morgan fingerprint density at radius 3 is 2.49 bits per heavy atom. The number of carbonyl (C=O) groups is 1. The van der Waals surface area contributed by atoms with Crippen molar-refractivity contribution < 1.29 is 48.5 Å². The predicted octanol–water partition coefficient (Wildman–Crippen LogP) is 6.01. The Hall–Kier alpha value is -4.08. The summed E-state index contributed by atoms with van der Waals surface area (Å²) in [5, 5.41) is 3.23. The highest BCUT2D eigenvalue weighted by Gasteiger charge is 2.49. The van der Waals surface area contributed by atoms with E-state index in [9.17, 15) is 39.6 Å². The van der Waals surface area contributed by atoms with Crippen LogP contribution in [0.15, 0.2) is 42.5 Å². The van der Waals surface area contributed by atoms with Crippen LogP contribution in [0, 0.1) is 5.82 Å². The lowest BCUT2D eigenvalue weighted by Crippen LogP contribution is -2.41. The third-order valence-corrected chi connectivity index (χ3v) is 6.60. The molecule has 220 valence electrons. The maximum atomic E-state index is 14.9. The number of alkyl halides is 3. The molecule has 4 rings (SSSR count). The van der Waals surface area contributed by atoms with Crippen LogP contribution >= 0.6 is 0 Å². The largest absolute Gasteiger partial charge is 0.534 e. The van der Waals surface area contributed by atoms with Crippen LogP contribution < -0.4 is 4.18 Å². The number of hydrogen-bond acceptors (Lipinski definition) is 7. The van der Waals surface area contributed by atoms with Gasteiger partial charge in [-0.1, -0.05) is 12.1 Å². The molecule has 0 saturated heterocycles. The van der Waals surface area contributed by atoms with Gasteiger partial charge in [0.15, 0.2) is 0 Å². The number of benzene rings is 1. The summed E-state index contributed by atoms with van der Waals surface area (Å²) >= 11 is 0. The molecule has 41 heavy (non-hydrogen) atoms. The molecule has 0 N–H and O–H groups in total. The molecule has 1 amide bonds. The Labute approximate surface area is 229 Å². The summed E-state index contributed by atoms with van der Waals surface area (Å²) in [4.78, 5) is 17.8. The lowest BCUT2D eigenvalue weighted by Gasteiger charge is -2.30. The first-order valence-corrected chi connectivity index (χ1v) is 13.2. The zero-order valence-corrected chi connectivity index (χ0v) is 22.5. The summed E-state index contributed by atoms with van der Waals surface area (Å²) in [6.45, 7) is 5.41. The summed E-state index contributed by atoms with van der Waals surface area (Å²) in [7, 11) is -6.30. The second-order valence-electron chi connectivity index (χ2n) is 9.79. The highest BCUT2D eigenvalue weighted by Crippen LogP contribution is 2.39. The molecule has 9 nitrogen and oxygen atoms in total. The van der Waals surface area contributed by atoms with Gasteiger partial charge in [0.1, 0.15) is 28.6 Å². The van der Waals surface area contributed by atoms with Crippen LogP contribution in [0.25, 0.3) is 28.2 Å². The fraction of sp³-hybridized carbons (Fsp3) is 0.320. The number of amides is 1. The second-order valence-corrected chi connectivity index (χ2v) is 11.3. The first-order valence-electron chi connectivity index (χ1n) is 11.8. The van der Waals surface area contributed by atoms with Crippen molar-refractivity contribution in [2.45, 2.75) is 45.0 Å². The normalized spacial score (nSPS) is 15.0. The van der Waals surface area contributed by atoms with Crippen LogP contribution in [-0.2, 0) is 27.9 Å². The third-order valence-electron chi connectivity index (χ3n) is 5.65. The molecule has 3 aromatic rings. The van der Waals surface area contributed by atoms with Crippen molar-refractivity contribution in [3.8, 4) is 17.3 Å². The van der Waals surface area contributed by atoms with Crippen molar-refractivity contribution in [1.82, 2.24) is 19.7 Å². The molecule has 1 aliphatic heterocycles. The molecule has 0 saturated carbocycles. The van der Waals surface area contributed by atoms with Crippen LogP contribution in [0.1, 0.15) is 32.0 Å². The van der Waals surface area contributed by atoms with Gasteiger partial charge in [0.2, 0.25) is 5.88 Å². The second kappa shape index (κ2) is 10.7. The number of rotatable bonds is 5. The van der Waals surface area contributed by atoms with Crippen molar-refractivity contribution >= 4 is 33.1 Å². The number of fused-ring (bicyclic) bond motifs is 2. The standard InChI is InChI=1S/C25H22F6N4O5S/c1-24(2,3)39-23(36)34-9-10-35-15(13-34)12-19(33-35)21-17(11-14(27)7-8-26)16-5-4-6-18(28)20(16)22(32-21)40-41(37,38)25(29,30)31/h4-8,11-12H,9-10,13H2,1-3H3/b8-7+,14-11?. The third kappa shape index (κ3) is 6.31. The van der Waals surface area contributed by atoms with Gasteiger partial charge in [-0.2, -0.15) is 26.7 Å². The lowest BCUT2D eigenvalue weighted by atomic mass is 10.0.